The van der Waals surface area contributed by atoms with E-state index in [1.54, 1.807) is 23.9 Å². The lowest BCUT2D eigenvalue weighted by molar-refractivity contribution is 0.0921. The minimum atomic E-state index is -0.227. The van der Waals surface area contributed by atoms with Crippen molar-refractivity contribution in [2.45, 2.75) is 19.4 Å². The molecule has 0 aliphatic heterocycles. The number of amides is 1. The molecule has 0 atom stereocenters. The molecule has 0 saturated heterocycles. The molecule has 0 aromatic heterocycles. The number of benzene rings is 1. The number of carbonyl (C=O) groups excluding carboxylic acids is 1. The van der Waals surface area contributed by atoms with Gasteiger partial charge in [0.25, 0.3) is 5.91 Å². The molecule has 0 radical (unpaired) electrons. The summed E-state index contributed by atoms with van der Waals surface area (Å²) < 4.78 is 0. The summed E-state index contributed by atoms with van der Waals surface area (Å²) in [6, 6.07) is 7.07. The van der Waals surface area contributed by atoms with E-state index < -0.39 is 0 Å². The smallest absolute Gasteiger partial charge is 0.253 e. The third kappa shape index (κ3) is 3.72. The standard InChI is InChI=1S/C12H16ClNOS/c1-12(2,8-16-3)14-11(15)9-6-4-5-7-10(9)13/h4-7H,8H2,1-3H3,(H,14,15). The molecule has 1 aromatic carbocycles. The van der Waals surface area contributed by atoms with Crippen LogP contribution in [-0.4, -0.2) is 23.5 Å². The second kappa shape index (κ2) is 5.60. The summed E-state index contributed by atoms with van der Waals surface area (Å²) >= 11 is 7.66. The quantitative estimate of drug-likeness (QED) is 0.898. The van der Waals surface area contributed by atoms with Gasteiger partial charge in [-0.3, -0.25) is 4.79 Å². The third-order valence-corrected chi connectivity index (χ3v) is 3.42. The van der Waals surface area contributed by atoms with Gasteiger partial charge in [-0.2, -0.15) is 11.8 Å². The number of halogens is 1. The summed E-state index contributed by atoms with van der Waals surface area (Å²) in [6.07, 6.45) is 2.02. The Bertz CT molecular complexity index is 379. The third-order valence-electron chi connectivity index (χ3n) is 2.08. The Kier molecular flexibility index (Phi) is 4.69. The Morgan fingerprint density at radius 2 is 2.06 bits per heavy atom. The highest BCUT2D eigenvalue weighted by Crippen LogP contribution is 2.17. The predicted molar refractivity (Wildman–Crippen MR) is 71.4 cm³/mol. The maximum Gasteiger partial charge on any atom is 0.253 e. The molecule has 88 valence electrons. The SMILES string of the molecule is CSCC(C)(C)NC(=O)c1ccccc1Cl. The van der Waals surface area contributed by atoms with E-state index in [0.29, 0.717) is 10.6 Å². The monoisotopic (exact) mass is 257 g/mol. The first-order valence-electron chi connectivity index (χ1n) is 5.02. The Morgan fingerprint density at radius 3 is 2.62 bits per heavy atom. The van der Waals surface area contributed by atoms with E-state index in [1.165, 1.54) is 0 Å². The zero-order valence-corrected chi connectivity index (χ0v) is 11.3. The highest BCUT2D eigenvalue weighted by Gasteiger charge is 2.21. The molecule has 16 heavy (non-hydrogen) atoms. The molecule has 0 spiro atoms. The first-order chi connectivity index (χ1) is 7.46. The lowest BCUT2D eigenvalue weighted by atomic mass is 10.1. The van der Waals surface area contributed by atoms with Crippen LogP contribution in [0.2, 0.25) is 5.02 Å². The van der Waals surface area contributed by atoms with Crippen molar-refractivity contribution in [1.29, 1.82) is 0 Å². The van der Waals surface area contributed by atoms with E-state index >= 15 is 0 Å². The van der Waals surface area contributed by atoms with Crippen LogP contribution in [0.5, 0.6) is 0 Å². The van der Waals surface area contributed by atoms with Crippen LogP contribution in [0.3, 0.4) is 0 Å². The van der Waals surface area contributed by atoms with Gasteiger partial charge in [-0.15, -0.1) is 0 Å². The minimum absolute atomic E-state index is 0.121. The number of nitrogens with one attached hydrogen (secondary N) is 1. The van der Waals surface area contributed by atoms with E-state index in [4.69, 9.17) is 11.6 Å². The molecule has 0 fully saturated rings. The van der Waals surface area contributed by atoms with Crippen molar-refractivity contribution in [2.75, 3.05) is 12.0 Å². The lowest BCUT2D eigenvalue weighted by Gasteiger charge is -2.25. The Hall–Kier alpha value is -0.670. The topological polar surface area (TPSA) is 29.1 Å². The molecule has 1 rings (SSSR count). The molecule has 1 amide bonds. The molecule has 1 N–H and O–H groups in total. The highest BCUT2D eigenvalue weighted by atomic mass is 35.5. The molecule has 0 aliphatic rings. The fourth-order valence-electron chi connectivity index (χ4n) is 1.42. The summed E-state index contributed by atoms with van der Waals surface area (Å²) in [5, 5.41) is 3.46. The van der Waals surface area contributed by atoms with Crippen molar-refractivity contribution >= 4 is 29.3 Å². The van der Waals surface area contributed by atoms with Gasteiger partial charge in [0.05, 0.1) is 10.6 Å². The van der Waals surface area contributed by atoms with Gasteiger partial charge in [0.2, 0.25) is 0 Å². The van der Waals surface area contributed by atoms with E-state index in [-0.39, 0.29) is 11.4 Å². The van der Waals surface area contributed by atoms with Crippen LogP contribution in [-0.2, 0) is 0 Å². The summed E-state index contributed by atoms with van der Waals surface area (Å²) in [7, 11) is 0. The Labute approximate surface area is 106 Å². The molecule has 0 unspecified atom stereocenters. The van der Waals surface area contributed by atoms with Crippen molar-refractivity contribution < 1.29 is 4.79 Å². The molecule has 4 heteroatoms. The second-order valence-corrected chi connectivity index (χ2v) is 5.52. The molecule has 1 aromatic rings. The van der Waals surface area contributed by atoms with Gasteiger partial charge < -0.3 is 5.32 Å². The van der Waals surface area contributed by atoms with Gasteiger partial charge >= 0.3 is 0 Å². The summed E-state index contributed by atoms with van der Waals surface area (Å²) in [5.41, 5.74) is 0.300. The van der Waals surface area contributed by atoms with Crippen LogP contribution in [0.25, 0.3) is 0 Å². The van der Waals surface area contributed by atoms with Crippen molar-refractivity contribution in [3.63, 3.8) is 0 Å². The first kappa shape index (κ1) is 13.4. The van der Waals surface area contributed by atoms with E-state index in [9.17, 15) is 4.79 Å². The molecule has 2 nitrogen and oxygen atoms in total. The first-order valence-corrected chi connectivity index (χ1v) is 6.79. The van der Waals surface area contributed by atoms with E-state index in [2.05, 4.69) is 5.32 Å². The van der Waals surface area contributed by atoms with Crippen LogP contribution < -0.4 is 5.32 Å². The zero-order chi connectivity index (χ0) is 12.2. The molecule has 0 saturated carbocycles. The van der Waals surface area contributed by atoms with Crippen molar-refractivity contribution in [3.8, 4) is 0 Å². The molecule has 0 aliphatic carbocycles. The van der Waals surface area contributed by atoms with Gasteiger partial charge in [-0.25, -0.2) is 0 Å². The van der Waals surface area contributed by atoms with Crippen molar-refractivity contribution in [1.82, 2.24) is 5.32 Å². The molecule has 0 bridgehead atoms. The normalized spacial score (nSPS) is 11.2. The predicted octanol–water partition coefficient (Wildman–Crippen LogP) is 3.21. The molecular formula is C12H16ClNOS. The fourth-order valence-corrected chi connectivity index (χ4v) is 2.43. The number of thioether (sulfide) groups is 1. The van der Waals surface area contributed by atoms with Gasteiger partial charge in [0.1, 0.15) is 0 Å². The number of hydrogen-bond acceptors (Lipinski definition) is 2. The number of rotatable bonds is 4. The molecule has 0 heterocycles. The Morgan fingerprint density at radius 1 is 1.44 bits per heavy atom. The van der Waals surface area contributed by atoms with Crippen molar-refractivity contribution in [2.24, 2.45) is 0 Å². The van der Waals surface area contributed by atoms with Gasteiger partial charge in [0.15, 0.2) is 0 Å². The lowest BCUT2D eigenvalue weighted by Crippen LogP contribution is -2.45. The van der Waals surface area contributed by atoms with E-state index in [0.717, 1.165) is 5.75 Å². The zero-order valence-electron chi connectivity index (χ0n) is 9.71. The number of hydrogen-bond donors (Lipinski definition) is 1. The highest BCUT2D eigenvalue weighted by molar-refractivity contribution is 7.98. The van der Waals surface area contributed by atoms with Crippen LogP contribution in [0, 0.1) is 0 Å². The number of carbonyl (C=O) groups is 1. The van der Waals surface area contributed by atoms with Gasteiger partial charge in [0, 0.05) is 11.3 Å². The van der Waals surface area contributed by atoms with Crippen LogP contribution >= 0.6 is 23.4 Å². The van der Waals surface area contributed by atoms with Crippen molar-refractivity contribution in [3.05, 3.63) is 34.9 Å². The maximum atomic E-state index is 12.0. The largest absolute Gasteiger partial charge is 0.346 e. The fraction of sp³-hybridized carbons (Fsp3) is 0.417. The summed E-state index contributed by atoms with van der Waals surface area (Å²) in [4.78, 5) is 12.0. The maximum absolute atomic E-state index is 12.0. The van der Waals surface area contributed by atoms with E-state index in [1.807, 2.05) is 32.2 Å². The average Bonchev–Trinajstić information content (AvgIpc) is 2.17. The second-order valence-electron chi connectivity index (χ2n) is 4.25. The minimum Gasteiger partial charge on any atom is -0.346 e. The Balaban J connectivity index is 2.77. The van der Waals surface area contributed by atoms with Crippen LogP contribution in [0.1, 0.15) is 24.2 Å². The molecular weight excluding hydrogens is 242 g/mol. The van der Waals surface area contributed by atoms with Crippen LogP contribution in [0.4, 0.5) is 0 Å². The van der Waals surface area contributed by atoms with Gasteiger partial charge in [-0.1, -0.05) is 23.7 Å². The average molecular weight is 258 g/mol. The van der Waals surface area contributed by atoms with Gasteiger partial charge in [-0.05, 0) is 32.2 Å². The summed E-state index contributed by atoms with van der Waals surface area (Å²) in [5.74, 6) is 0.744. The summed E-state index contributed by atoms with van der Waals surface area (Å²) in [6.45, 7) is 4.00. The van der Waals surface area contributed by atoms with Crippen LogP contribution in [0.15, 0.2) is 24.3 Å².